The third kappa shape index (κ3) is 4.81. The molecule has 1 saturated carbocycles. The normalized spacial score (nSPS) is 16.6. The lowest BCUT2D eigenvalue weighted by Gasteiger charge is -2.24. The minimum absolute atomic E-state index is 0.168. The van der Waals surface area contributed by atoms with E-state index in [0.29, 0.717) is 0 Å². The van der Waals surface area contributed by atoms with E-state index in [1.807, 2.05) is 0 Å². The molecule has 1 atom stereocenters. The van der Waals surface area contributed by atoms with Gasteiger partial charge in [0.05, 0.1) is 19.1 Å². The summed E-state index contributed by atoms with van der Waals surface area (Å²) in [4.78, 5) is 33.9. The Balaban J connectivity index is 2.55. The molecule has 1 rings (SSSR count). The van der Waals surface area contributed by atoms with Gasteiger partial charge in [-0.3, -0.25) is 19.3 Å². The van der Waals surface area contributed by atoms with Gasteiger partial charge in [0.25, 0.3) is 0 Å². The second kappa shape index (κ2) is 5.62. The van der Waals surface area contributed by atoms with Crippen LogP contribution in [0.2, 0.25) is 0 Å². The first-order chi connectivity index (χ1) is 7.90. The highest BCUT2D eigenvalue weighted by atomic mass is 16.4. The molecular formula is C10H16N2O5. The summed E-state index contributed by atoms with van der Waals surface area (Å²) in [6.07, 6.45) is 1.85. The average Bonchev–Trinajstić information content (AvgIpc) is 2.97. The van der Waals surface area contributed by atoms with E-state index in [2.05, 4.69) is 5.32 Å². The van der Waals surface area contributed by atoms with E-state index in [4.69, 9.17) is 10.2 Å². The lowest BCUT2D eigenvalue weighted by atomic mass is 10.2. The third-order valence-corrected chi connectivity index (χ3v) is 2.53. The number of nitrogens with zero attached hydrogens (tertiary/aromatic N) is 1. The lowest BCUT2D eigenvalue weighted by molar-refractivity contribution is -0.143. The minimum Gasteiger partial charge on any atom is -0.480 e. The molecule has 0 aliphatic heterocycles. The van der Waals surface area contributed by atoms with Gasteiger partial charge in [0.15, 0.2) is 0 Å². The predicted molar refractivity (Wildman–Crippen MR) is 57.5 cm³/mol. The van der Waals surface area contributed by atoms with Crippen LogP contribution in [0.4, 0.5) is 0 Å². The van der Waals surface area contributed by atoms with Crippen molar-refractivity contribution in [3.8, 4) is 0 Å². The zero-order chi connectivity index (χ0) is 13.0. The summed E-state index contributed by atoms with van der Waals surface area (Å²) in [5.41, 5.74) is 0. The molecule has 1 amide bonds. The smallest absolute Gasteiger partial charge is 0.317 e. The number of hydrogen-bond acceptors (Lipinski definition) is 4. The van der Waals surface area contributed by atoms with Crippen molar-refractivity contribution in [1.82, 2.24) is 10.2 Å². The van der Waals surface area contributed by atoms with Gasteiger partial charge in [0, 0.05) is 6.04 Å². The Labute approximate surface area is 98.4 Å². The molecule has 0 saturated heterocycles. The van der Waals surface area contributed by atoms with Gasteiger partial charge in [-0.05, 0) is 19.8 Å². The number of amides is 1. The fourth-order valence-corrected chi connectivity index (χ4v) is 1.39. The highest BCUT2D eigenvalue weighted by Crippen LogP contribution is 2.19. The molecule has 96 valence electrons. The van der Waals surface area contributed by atoms with Gasteiger partial charge < -0.3 is 15.5 Å². The first-order valence-corrected chi connectivity index (χ1v) is 5.38. The summed E-state index contributed by atoms with van der Waals surface area (Å²) in [7, 11) is 0. The van der Waals surface area contributed by atoms with Gasteiger partial charge in [-0.15, -0.1) is 0 Å². The highest BCUT2D eigenvalue weighted by molar-refractivity contribution is 5.83. The monoisotopic (exact) mass is 244 g/mol. The Morgan fingerprint density at radius 2 is 1.71 bits per heavy atom. The molecule has 1 aliphatic rings. The summed E-state index contributed by atoms with van der Waals surface area (Å²) in [5.74, 6) is -2.63. The topological polar surface area (TPSA) is 107 Å². The fraction of sp³-hybridized carbons (Fsp3) is 0.700. The van der Waals surface area contributed by atoms with E-state index in [1.165, 1.54) is 6.92 Å². The Morgan fingerprint density at radius 3 is 2.06 bits per heavy atom. The largest absolute Gasteiger partial charge is 0.480 e. The molecule has 0 spiro atoms. The minimum atomic E-state index is -1.16. The van der Waals surface area contributed by atoms with Crippen LogP contribution in [-0.2, 0) is 14.4 Å². The van der Waals surface area contributed by atoms with E-state index in [-0.39, 0.29) is 11.9 Å². The Morgan fingerprint density at radius 1 is 1.24 bits per heavy atom. The van der Waals surface area contributed by atoms with Crippen molar-refractivity contribution in [2.45, 2.75) is 31.8 Å². The van der Waals surface area contributed by atoms with Gasteiger partial charge in [0.2, 0.25) is 5.91 Å². The van der Waals surface area contributed by atoms with Crippen molar-refractivity contribution in [3.63, 3.8) is 0 Å². The van der Waals surface area contributed by atoms with Crippen LogP contribution >= 0.6 is 0 Å². The fourth-order valence-electron chi connectivity index (χ4n) is 1.39. The van der Waals surface area contributed by atoms with E-state index >= 15 is 0 Å². The van der Waals surface area contributed by atoms with E-state index in [0.717, 1.165) is 17.7 Å². The van der Waals surface area contributed by atoms with Crippen molar-refractivity contribution in [1.29, 1.82) is 0 Å². The van der Waals surface area contributed by atoms with Gasteiger partial charge >= 0.3 is 11.9 Å². The van der Waals surface area contributed by atoms with Gasteiger partial charge in [0.1, 0.15) is 0 Å². The number of rotatable bonds is 7. The summed E-state index contributed by atoms with van der Waals surface area (Å²) >= 11 is 0. The van der Waals surface area contributed by atoms with Crippen LogP contribution in [0.15, 0.2) is 0 Å². The molecule has 1 unspecified atom stereocenters. The van der Waals surface area contributed by atoms with Crippen LogP contribution in [-0.4, -0.2) is 58.1 Å². The molecule has 0 aromatic heterocycles. The SMILES string of the molecule is CC(C(=O)NC1CC1)N(CC(=O)O)CC(=O)O. The van der Waals surface area contributed by atoms with Crippen LogP contribution in [0.5, 0.6) is 0 Å². The van der Waals surface area contributed by atoms with Crippen LogP contribution in [0.25, 0.3) is 0 Å². The number of carboxylic acids is 2. The van der Waals surface area contributed by atoms with Gasteiger partial charge in [-0.2, -0.15) is 0 Å². The van der Waals surface area contributed by atoms with Crippen LogP contribution in [0.1, 0.15) is 19.8 Å². The zero-order valence-electron chi connectivity index (χ0n) is 9.55. The number of nitrogens with one attached hydrogen (secondary N) is 1. The zero-order valence-corrected chi connectivity index (χ0v) is 9.55. The first kappa shape index (κ1) is 13.4. The molecule has 0 heterocycles. The molecule has 1 fully saturated rings. The molecule has 7 heteroatoms. The number of aliphatic carboxylic acids is 2. The Bertz CT molecular complexity index is 311. The van der Waals surface area contributed by atoms with Crippen molar-refractivity contribution < 1.29 is 24.6 Å². The van der Waals surface area contributed by atoms with E-state index in [1.54, 1.807) is 0 Å². The molecule has 3 N–H and O–H groups in total. The Kier molecular flexibility index (Phi) is 4.45. The van der Waals surface area contributed by atoms with Crippen molar-refractivity contribution in [3.05, 3.63) is 0 Å². The van der Waals surface area contributed by atoms with Gasteiger partial charge in [-0.25, -0.2) is 0 Å². The molecular weight excluding hydrogens is 228 g/mol. The molecule has 0 aromatic carbocycles. The van der Waals surface area contributed by atoms with Crippen molar-refractivity contribution in [2.75, 3.05) is 13.1 Å². The summed E-state index contributed by atoms with van der Waals surface area (Å²) in [6, 6.07) is -0.593. The number of carboxylic acid groups (broad SMARTS) is 2. The first-order valence-electron chi connectivity index (χ1n) is 5.38. The maximum Gasteiger partial charge on any atom is 0.317 e. The maximum atomic E-state index is 11.7. The highest BCUT2D eigenvalue weighted by Gasteiger charge is 2.29. The third-order valence-electron chi connectivity index (χ3n) is 2.53. The molecule has 1 aliphatic carbocycles. The Hall–Kier alpha value is -1.63. The second-order valence-electron chi connectivity index (χ2n) is 4.15. The van der Waals surface area contributed by atoms with Crippen LogP contribution < -0.4 is 5.32 Å². The standard InChI is InChI=1S/C10H16N2O5/c1-6(10(17)11-7-2-3-7)12(4-8(13)14)5-9(15)16/h6-7H,2-5H2,1H3,(H,11,17)(H,13,14)(H,15,16). The molecule has 17 heavy (non-hydrogen) atoms. The van der Waals surface area contributed by atoms with Gasteiger partial charge in [-0.1, -0.05) is 0 Å². The van der Waals surface area contributed by atoms with Crippen molar-refractivity contribution in [2.24, 2.45) is 0 Å². The maximum absolute atomic E-state index is 11.7. The summed E-state index contributed by atoms with van der Waals surface area (Å²) < 4.78 is 0. The summed E-state index contributed by atoms with van der Waals surface area (Å²) in [6.45, 7) is 0.570. The number of hydrogen-bond donors (Lipinski definition) is 3. The quantitative estimate of drug-likeness (QED) is 0.537. The van der Waals surface area contributed by atoms with Crippen LogP contribution in [0.3, 0.4) is 0 Å². The molecule has 0 radical (unpaired) electrons. The number of carbonyl (C=O) groups is 3. The second-order valence-corrected chi connectivity index (χ2v) is 4.15. The molecule has 0 bridgehead atoms. The van der Waals surface area contributed by atoms with Crippen LogP contribution in [0, 0.1) is 0 Å². The molecule has 0 aromatic rings. The predicted octanol–water partition coefficient (Wildman–Crippen LogP) is -0.875. The number of carbonyl (C=O) groups excluding carboxylic acids is 1. The van der Waals surface area contributed by atoms with E-state index < -0.39 is 31.1 Å². The average molecular weight is 244 g/mol. The van der Waals surface area contributed by atoms with Crippen molar-refractivity contribution >= 4 is 17.8 Å². The van der Waals surface area contributed by atoms with E-state index in [9.17, 15) is 14.4 Å². The molecule has 7 nitrogen and oxygen atoms in total. The lowest BCUT2D eigenvalue weighted by Crippen LogP contribution is -2.49. The summed E-state index contributed by atoms with van der Waals surface area (Å²) in [5, 5.41) is 20.0.